The van der Waals surface area contributed by atoms with Crippen LogP contribution in [0.1, 0.15) is 16.7 Å². The van der Waals surface area contributed by atoms with Gasteiger partial charge in [-0.2, -0.15) is 0 Å². The van der Waals surface area contributed by atoms with Gasteiger partial charge < -0.3 is 28.4 Å². The van der Waals surface area contributed by atoms with Crippen LogP contribution < -0.4 is 0 Å². The number of benzene rings is 1. The lowest BCUT2D eigenvalue weighted by molar-refractivity contribution is -0.148. The second-order valence-electron chi connectivity index (χ2n) is 6.83. The number of carbonyl (C=O) groups excluding carboxylic acids is 3. The second-order valence-corrected chi connectivity index (χ2v) is 6.83. The van der Waals surface area contributed by atoms with Crippen molar-refractivity contribution in [3.8, 4) is 0 Å². The van der Waals surface area contributed by atoms with Crippen LogP contribution in [0.3, 0.4) is 0 Å². The predicted molar refractivity (Wildman–Crippen MR) is 89.9 cm³/mol. The van der Waals surface area contributed by atoms with Gasteiger partial charge in [0.2, 0.25) is 12.6 Å². The first-order chi connectivity index (χ1) is 13.5. The maximum atomic E-state index is 12.0. The van der Waals surface area contributed by atoms with Gasteiger partial charge in [0.15, 0.2) is 0 Å². The highest BCUT2D eigenvalue weighted by Crippen LogP contribution is 2.18. The third-order valence-electron chi connectivity index (χ3n) is 4.12. The first-order valence-corrected chi connectivity index (χ1v) is 9.04. The van der Waals surface area contributed by atoms with Gasteiger partial charge in [-0.15, -0.1) is 0 Å². The van der Waals surface area contributed by atoms with Gasteiger partial charge in [-0.05, 0) is 16.7 Å². The number of hydrogen-bond acceptors (Lipinski definition) is 9. The minimum Gasteiger partial charge on any atom is -0.463 e. The molecule has 3 saturated heterocycles. The highest BCUT2D eigenvalue weighted by molar-refractivity contribution is 5.76. The van der Waals surface area contributed by atoms with Crippen molar-refractivity contribution >= 4 is 17.9 Å². The first-order valence-electron chi connectivity index (χ1n) is 9.04. The molecule has 3 aliphatic heterocycles. The number of epoxide rings is 3. The highest BCUT2D eigenvalue weighted by atomic mass is 16.8. The molecule has 0 aromatic heterocycles. The lowest BCUT2D eigenvalue weighted by Gasteiger charge is -2.10. The van der Waals surface area contributed by atoms with Gasteiger partial charge in [0, 0.05) is 0 Å². The quantitative estimate of drug-likeness (QED) is 0.309. The first kappa shape index (κ1) is 18.9. The van der Waals surface area contributed by atoms with Crippen molar-refractivity contribution in [2.45, 2.75) is 37.9 Å². The van der Waals surface area contributed by atoms with Crippen LogP contribution in [-0.4, -0.2) is 63.0 Å². The van der Waals surface area contributed by atoms with E-state index in [9.17, 15) is 14.4 Å². The molecule has 0 radical (unpaired) electrons. The molecule has 150 valence electrons. The summed E-state index contributed by atoms with van der Waals surface area (Å²) in [7, 11) is 0. The van der Waals surface area contributed by atoms with E-state index in [-0.39, 0.29) is 32.0 Å². The van der Waals surface area contributed by atoms with E-state index in [0.717, 1.165) is 0 Å². The van der Waals surface area contributed by atoms with E-state index in [1.54, 1.807) is 18.2 Å². The molecule has 0 amide bonds. The Kier molecular flexibility index (Phi) is 5.56. The Hall–Kier alpha value is -2.49. The summed E-state index contributed by atoms with van der Waals surface area (Å²) in [6.07, 6.45) is -0.912. The number of rotatable bonds is 10. The molecular weight excluding hydrogens is 372 g/mol. The Balaban J connectivity index is 1.41. The fourth-order valence-electron chi connectivity index (χ4n) is 2.64. The molecule has 0 bridgehead atoms. The lowest BCUT2D eigenvalue weighted by atomic mass is 10.00. The molecule has 4 rings (SSSR count). The standard InChI is InChI=1S/C19H20O9/c20-15(24-8-14-7-23-14)4-11-1-12(5-16(21)27-18-9-25-18)3-13(2-11)6-17(22)28-19-10-26-19/h1-3,14,18-19H,4-10H2. The molecule has 0 spiro atoms. The Morgan fingerprint density at radius 3 is 1.57 bits per heavy atom. The average molecular weight is 392 g/mol. The molecular formula is C19H20O9. The molecule has 1 aromatic rings. The van der Waals surface area contributed by atoms with Crippen molar-refractivity contribution in [3.05, 3.63) is 34.9 Å². The summed E-state index contributed by atoms with van der Waals surface area (Å²) in [4.78, 5) is 35.9. The number of hydrogen-bond donors (Lipinski definition) is 0. The molecule has 9 nitrogen and oxygen atoms in total. The molecule has 0 saturated carbocycles. The fraction of sp³-hybridized carbons (Fsp3) is 0.526. The zero-order valence-electron chi connectivity index (χ0n) is 15.1. The molecule has 28 heavy (non-hydrogen) atoms. The third kappa shape index (κ3) is 6.29. The zero-order valence-corrected chi connectivity index (χ0v) is 15.1. The van der Waals surface area contributed by atoms with E-state index in [0.29, 0.717) is 36.5 Å². The largest absolute Gasteiger partial charge is 0.463 e. The predicted octanol–water partition coefficient (Wildman–Crippen LogP) is 0.0551. The molecule has 0 N–H and O–H groups in total. The van der Waals surface area contributed by atoms with Crippen molar-refractivity contribution in [1.29, 1.82) is 0 Å². The summed E-state index contributed by atoms with van der Waals surface area (Å²) < 4.78 is 30.0. The second kappa shape index (κ2) is 8.26. The van der Waals surface area contributed by atoms with Crippen LogP contribution in [0.2, 0.25) is 0 Å². The summed E-state index contributed by atoms with van der Waals surface area (Å²) in [5.74, 6) is -1.28. The van der Waals surface area contributed by atoms with Crippen molar-refractivity contribution in [2.75, 3.05) is 26.4 Å². The number of esters is 3. The van der Waals surface area contributed by atoms with E-state index in [1.165, 1.54) is 0 Å². The highest BCUT2D eigenvalue weighted by Gasteiger charge is 2.28. The molecule has 3 aliphatic rings. The lowest BCUT2D eigenvalue weighted by Crippen LogP contribution is -2.15. The molecule has 0 aliphatic carbocycles. The van der Waals surface area contributed by atoms with E-state index >= 15 is 0 Å². The van der Waals surface area contributed by atoms with Crippen molar-refractivity contribution < 1.29 is 42.8 Å². The van der Waals surface area contributed by atoms with E-state index in [1.807, 2.05) is 0 Å². The van der Waals surface area contributed by atoms with Crippen LogP contribution in [0.15, 0.2) is 18.2 Å². The minimum atomic E-state index is -0.469. The molecule has 3 atom stereocenters. The summed E-state index contributed by atoms with van der Waals surface area (Å²) >= 11 is 0. The fourth-order valence-corrected chi connectivity index (χ4v) is 2.64. The maximum absolute atomic E-state index is 12.0. The van der Waals surface area contributed by atoms with Crippen LogP contribution >= 0.6 is 0 Å². The van der Waals surface area contributed by atoms with Gasteiger partial charge in [0.1, 0.15) is 25.9 Å². The molecule has 3 unspecified atom stereocenters. The van der Waals surface area contributed by atoms with Crippen LogP contribution in [0.5, 0.6) is 0 Å². The van der Waals surface area contributed by atoms with Gasteiger partial charge in [-0.25, -0.2) is 0 Å². The topological polar surface area (TPSA) is 116 Å². The third-order valence-corrected chi connectivity index (χ3v) is 4.12. The number of ether oxygens (including phenoxy) is 6. The molecule has 1 aromatic carbocycles. The van der Waals surface area contributed by atoms with Crippen molar-refractivity contribution in [1.82, 2.24) is 0 Å². The Labute approximate surface area is 160 Å². The van der Waals surface area contributed by atoms with Crippen LogP contribution in [0.4, 0.5) is 0 Å². The summed E-state index contributed by atoms with van der Waals surface area (Å²) in [6, 6.07) is 5.17. The molecule has 3 heterocycles. The van der Waals surface area contributed by atoms with E-state index < -0.39 is 30.5 Å². The summed E-state index contributed by atoms with van der Waals surface area (Å²) in [5.41, 5.74) is 1.90. The van der Waals surface area contributed by atoms with Gasteiger partial charge in [-0.1, -0.05) is 18.2 Å². The zero-order chi connectivity index (χ0) is 19.5. The maximum Gasteiger partial charge on any atom is 0.312 e. The normalized spacial score (nSPS) is 24.2. The molecule has 3 fully saturated rings. The number of carbonyl (C=O) groups is 3. The smallest absolute Gasteiger partial charge is 0.312 e. The Morgan fingerprint density at radius 2 is 1.18 bits per heavy atom. The minimum absolute atomic E-state index is 0.00639. The van der Waals surface area contributed by atoms with Gasteiger partial charge in [0.05, 0.1) is 25.9 Å². The Bertz CT molecular complexity index is 716. The van der Waals surface area contributed by atoms with Crippen LogP contribution in [0.25, 0.3) is 0 Å². The van der Waals surface area contributed by atoms with Crippen LogP contribution in [0, 0.1) is 0 Å². The summed E-state index contributed by atoms with van der Waals surface area (Å²) in [6.45, 7) is 1.64. The van der Waals surface area contributed by atoms with Gasteiger partial charge >= 0.3 is 17.9 Å². The summed E-state index contributed by atoms with van der Waals surface area (Å²) in [5, 5.41) is 0. The SMILES string of the molecule is O=C(Cc1cc(CC(=O)OC2CO2)cc(CC(=O)OC2CO2)c1)OCC1CO1. The molecule has 9 heteroatoms. The van der Waals surface area contributed by atoms with Crippen molar-refractivity contribution in [2.24, 2.45) is 0 Å². The van der Waals surface area contributed by atoms with Crippen molar-refractivity contribution in [3.63, 3.8) is 0 Å². The van der Waals surface area contributed by atoms with Gasteiger partial charge in [0.25, 0.3) is 0 Å². The van der Waals surface area contributed by atoms with E-state index in [4.69, 9.17) is 28.4 Å². The van der Waals surface area contributed by atoms with E-state index in [2.05, 4.69) is 0 Å². The average Bonchev–Trinajstić information content (AvgIpc) is 3.46. The Morgan fingerprint density at radius 1 is 0.750 bits per heavy atom. The van der Waals surface area contributed by atoms with Gasteiger partial charge in [-0.3, -0.25) is 14.4 Å². The van der Waals surface area contributed by atoms with Crippen LogP contribution in [-0.2, 0) is 62.1 Å². The monoisotopic (exact) mass is 392 g/mol.